The Hall–Kier alpha value is -4.07. The molecule has 4 heterocycles. The number of carbonyl (C=O) groups is 2. The summed E-state index contributed by atoms with van der Waals surface area (Å²) in [6.45, 7) is 6.87. The lowest BCUT2D eigenvalue weighted by atomic mass is 9.84. The number of nitrogens with one attached hydrogen (secondary N) is 1. The van der Waals surface area contributed by atoms with Crippen LogP contribution in [0.25, 0.3) is 21.9 Å². The summed E-state index contributed by atoms with van der Waals surface area (Å²) in [5.74, 6) is -0.485. The minimum atomic E-state index is -0.386. The molecule has 6 rings (SSSR count). The van der Waals surface area contributed by atoms with Crippen LogP contribution in [-0.2, 0) is 30.2 Å². The van der Waals surface area contributed by atoms with E-state index in [0.717, 1.165) is 51.0 Å². The molecule has 4 aromatic rings. The first-order valence-electron chi connectivity index (χ1n) is 12.3. The van der Waals surface area contributed by atoms with Crippen molar-refractivity contribution in [1.82, 2.24) is 18.6 Å². The summed E-state index contributed by atoms with van der Waals surface area (Å²) in [5.41, 5.74) is 6.87. The van der Waals surface area contributed by atoms with Crippen molar-refractivity contribution in [1.29, 1.82) is 0 Å². The van der Waals surface area contributed by atoms with Crippen LogP contribution in [0, 0.1) is 5.92 Å². The SMILES string of the molecule is CC(=O)N1CC2=C(C1=O)[C@H](c1ccc3c(c1)n(C)c(=O)n3C)c1cn(CC(C)C)c3cccc(c13)N2. The molecule has 184 valence electrons. The van der Waals surface area contributed by atoms with Crippen LogP contribution in [0.3, 0.4) is 0 Å². The predicted molar refractivity (Wildman–Crippen MR) is 140 cm³/mol. The van der Waals surface area contributed by atoms with Gasteiger partial charge in [-0.1, -0.05) is 26.0 Å². The van der Waals surface area contributed by atoms with E-state index in [-0.39, 0.29) is 30.0 Å². The summed E-state index contributed by atoms with van der Waals surface area (Å²) in [6, 6.07) is 12.1. The number of imide groups is 1. The highest BCUT2D eigenvalue weighted by Crippen LogP contribution is 2.46. The number of benzene rings is 2. The Bertz CT molecular complexity index is 1700. The highest BCUT2D eigenvalue weighted by molar-refractivity contribution is 6.11. The third kappa shape index (κ3) is 3.03. The number of rotatable bonds is 3. The molecule has 0 radical (unpaired) electrons. The van der Waals surface area contributed by atoms with Gasteiger partial charge >= 0.3 is 5.69 Å². The number of hydrogen-bond donors (Lipinski definition) is 1. The topological polar surface area (TPSA) is 81.3 Å². The number of aryl methyl sites for hydroxylation is 2. The molecule has 36 heavy (non-hydrogen) atoms. The second kappa shape index (κ2) is 7.71. The Labute approximate surface area is 208 Å². The van der Waals surface area contributed by atoms with Crippen molar-refractivity contribution < 1.29 is 9.59 Å². The molecule has 0 unspecified atom stereocenters. The highest BCUT2D eigenvalue weighted by Gasteiger charge is 2.41. The first kappa shape index (κ1) is 22.4. The van der Waals surface area contributed by atoms with Gasteiger partial charge in [-0.05, 0) is 41.3 Å². The zero-order chi connectivity index (χ0) is 25.5. The molecule has 2 aromatic carbocycles. The maximum absolute atomic E-state index is 13.7. The van der Waals surface area contributed by atoms with E-state index < -0.39 is 0 Å². The molecule has 2 aliphatic heterocycles. The predicted octanol–water partition coefficient (Wildman–Crippen LogP) is 3.69. The largest absolute Gasteiger partial charge is 0.356 e. The van der Waals surface area contributed by atoms with Crippen molar-refractivity contribution in [2.24, 2.45) is 20.0 Å². The molecule has 2 aliphatic rings. The molecular formula is C28H29N5O3. The molecule has 0 bridgehead atoms. The van der Waals surface area contributed by atoms with Gasteiger partial charge in [0.15, 0.2) is 0 Å². The fourth-order valence-corrected chi connectivity index (χ4v) is 5.87. The first-order chi connectivity index (χ1) is 17.2. The molecular weight excluding hydrogens is 454 g/mol. The Morgan fingerprint density at radius 3 is 2.53 bits per heavy atom. The van der Waals surface area contributed by atoms with Gasteiger partial charge in [0, 0.05) is 56.4 Å². The molecule has 0 saturated heterocycles. The van der Waals surface area contributed by atoms with Crippen LogP contribution < -0.4 is 11.0 Å². The normalized spacial score (nSPS) is 17.3. The number of amides is 2. The van der Waals surface area contributed by atoms with Gasteiger partial charge in [0.1, 0.15) is 0 Å². The van der Waals surface area contributed by atoms with Crippen molar-refractivity contribution >= 4 is 39.4 Å². The maximum Gasteiger partial charge on any atom is 0.328 e. The first-order valence-corrected chi connectivity index (χ1v) is 12.3. The summed E-state index contributed by atoms with van der Waals surface area (Å²) in [4.78, 5) is 40.0. The van der Waals surface area contributed by atoms with Gasteiger partial charge in [0.05, 0.1) is 28.7 Å². The van der Waals surface area contributed by atoms with Gasteiger partial charge in [0.25, 0.3) is 5.91 Å². The van der Waals surface area contributed by atoms with Crippen LogP contribution in [0.1, 0.15) is 37.8 Å². The van der Waals surface area contributed by atoms with Gasteiger partial charge in [0.2, 0.25) is 5.91 Å². The quantitative estimate of drug-likeness (QED) is 0.482. The van der Waals surface area contributed by atoms with Gasteiger partial charge < -0.3 is 9.88 Å². The molecule has 2 aromatic heterocycles. The average Bonchev–Trinajstić information content (AvgIpc) is 3.38. The number of carbonyl (C=O) groups excluding carboxylic acids is 2. The van der Waals surface area contributed by atoms with Crippen LogP contribution in [0.4, 0.5) is 5.69 Å². The van der Waals surface area contributed by atoms with Gasteiger partial charge in [-0.3, -0.25) is 23.6 Å². The van der Waals surface area contributed by atoms with Crippen molar-refractivity contribution in [3.8, 4) is 0 Å². The third-order valence-electron chi connectivity index (χ3n) is 7.51. The number of imidazole rings is 1. The molecule has 0 spiro atoms. The Morgan fingerprint density at radius 1 is 1.06 bits per heavy atom. The van der Waals surface area contributed by atoms with Crippen LogP contribution in [0.5, 0.6) is 0 Å². The number of hydrogen-bond acceptors (Lipinski definition) is 4. The van der Waals surface area contributed by atoms with Gasteiger partial charge in [-0.15, -0.1) is 0 Å². The molecule has 8 nitrogen and oxygen atoms in total. The van der Waals surface area contributed by atoms with E-state index in [0.29, 0.717) is 11.5 Å². The van der Waals surface area contributed by atoms with E-state index >= 15 is 0 Å². The van der Waals surface area contributed by atoms with E-state index in [1.807, 2.05) is 30.3 Å². The van der Waals surface area contributed by atoms with E-state index in [4.69, 9.17) is 0 Å². The lowest BCUT2D eigenvalue weighted by molar-refractivity contribution is -0.139. The fraction of sp³-hybridized carbons (Fsp3) is 0.321. The Morgan fingerprint density at radius 2 is 1.81 bits per heavy atom. The van der Waals surface area contributed by atoms with Crippen LogP contribution >= 0.6 is 0 Å². The minimum Gasteiger partial charge on any atom is -0.356 e. The smallest absolute Gasteiger partial charge is 0.328 e. The molecule has 1 N–H and O–H groups in total. The van der Waals surface area contributed by atoms with E-state index in [2.05, 4.69) is 36.0 Å². The molecule has 0 fully saturated rings. The number of anilines is 1. The van der Waals surface area contributed by atoms with Crippen LogP contribution in [0.15, 0.2) is 58.7 Å². The molecule has 0 saturated carbocycles. The van der Waals surface area contributed by atoms with Crippen molar-refractivity contribution in [2.45, 2.75) is 33.2 Å². The summed E-state index contributed by atoms with van der Waals surface area (Å²) < 4.78 is 5.52. The van der Waals surface area contributed by atoms with Crippen molar-refractivity contribution in [3.63, 3.8) is 0 Å². The zero-order valence-corrected chi connectivity index (χ0v) is 21.1. The lowest BCUT2D eigenvalue weighted by Gasteiger charge is -2.20. The minimum absolute atomic E-state index is 0.0971. The Kier molecular flexibility index (Phi) is 4.80. The van der Waals surface area contributed by atoms with E-state index in [1.165, 1.54) is 11.8 Å². The monoisotopic (exact) mass is 483 g/mol. The number of aromatic nitrogens is 3. The lowest BCUT2D eigenvalue weighted by Crippen LogP contribution is -2.33. The second-order valence-electron chi connectivity index (χ2n) is 10.3. The molecule has 2 amide bonds. The summed E-state index contributed by atoms with van der Waals surface area (Å²) in [7, 11) is 3.52. The fourth-order valence-electron chi connectivity index (χ4n) is 5.87. The maximum atomic E-state index is 13.7. The second-order valence-corrected chi connectivity index (χ2v) is 10.3. The van der Waals surface area contributed by atoms with Crippen LogP contribution in [-0.4, -0.2) is 37.0 Å². The Balaban J connectivity index is 1.66. The standard InChI is InChI=1S/C28H29N5O3/c1-15(2)12-32-13-18-24(17-9-10-21-23(11-17)31(5)28(36)30(21)4)26-20(14-33(16(3)34)27(26)35)29-19-7-6-8-22(32)25(18)19/h6-11,13,15,24,29H,12,14H2,1-5H3/t24-/m1/s1. The van der Waals surface area contributed by atoms with E-state index in [1.54, 1.807) is 23.2 Å². The van der Waals surface area contributed by atoms with Crippen molar-refractivity contribution in [2.75, 3.05) is 11.9 Å². The average molecular weight is 484 g/mol. The van der Waals surface area contributed by atoms with Crippen molar-refractivity contribution in [3.05, 3.63) is 75.5 Å². The summed E-state index contributed by atoms with van der Waals surface area (Å²) in [5, 5.41) is 4.61. The van der Waals surface area contributed by atoms with Gasteiger partial charge in [-0.25, -0.2) is 4.79 Å². The van der Waals surface area contributed by atoms with Crippen LogP contribution in [0.2, 0.25) is 0 Å². The number of fused-ring (bicyclic) bond motifs is 1. The third-order valence-corrected chi connectivity index (χ3v) is 7.51. The molecule has 8 heteroatoms. The highest BCUT2D eigenvalue weighted by atomic mass is 16.2. The zero-order valence-electron chi connectivity index (χ0n) is 21.1. The van der Waals surface area contributed by atoms with Gasteiger partial charge in [-0.2, -0.15) is 0 Å². The summed E-state index contributed by atoms with van der Waals surface area (Å²) in [6.07, 6.45) is 2.16. The molecule has 0 aliphatic carbocycles. The molecule has 1 atom stereocenters. The number of nitrogens with zero attached hydrogens (tertiary/aromatic N) is 4. The summed E-state index contributed by atoms with van der Waals surface area (Å²) >= 11 is 0. The van der Waals surface area contributed by atoms with E-state index in [9.17, 15) is 14.4 Å².